The molecule has 0 bridgehead atoms. The first-order chi connectivity index (χ1) is 12.0. The van der Waals surface area contributed by atoms with Crippen molar-refractivity contribution in [3.8, 4) is 0 Å². The van der Waals surface area contributed by atoms with Crippen molar-refractivity contribution in [3.05, 3.63) is 35.4 Å². The van der Waals surface area contributed by atoms with E-state index in [1.807, 2.05) is 20.8 Å². The summed E-state index contributed by atoms with van der Waals surface area (Å²) < 4.78 is 17.4. The van der Waals surface area contributed by atoms with Gasteiger partial charge in [0.2, 0.25) is 0 Å². The second-order valence-corrected chi connectivity index (χ2v) is 8.20. The minimum Gasteiger partial charge on any atom is -0.478 e. The molecule has 0 unspecified atom stereocenters. The van der Waals surface area contributed by atoms with Crippen LogP contribution in [0.4, 0.5) is 0 Å². The highest BCUT2D eigenvalue weighted by Gasteiger charge is 2.39. The number of Topliss-reactive ketones (excluding diaryl/α,β-unsaturated/α-hetero) is 1. The van der Waals surface area contributed by atoms with Crippen LogP contribution in [0.3, 0.4) is 0 Å². The SMILES string of the molecule is CCO[Si](CCCCC(=O)c1ccccc1C(=O)O)(OCC)OCC. The lowest BCUT2D eigenvalue weighted by Crippen LogP contribution is -2.45. The topological polar surface area (TPSA) is 82.1 Å². The fraction of sp³-hybridized carbons (Fsp3) is 0.556. The minimum absolute atomic E-state index is 0.0502. The van der Waals surface area contributed by atoms with Crippen molar-refractivity contribution in [1.29, 1.82) is 0 Å². The van der Waals surface area contributed by atoms with Gasteiger partial charge in [0, 0.05) is 37.8 Å². The van der Waals surface area contributed by atoms with Gasteiger partial charge in [-0.15, -0.1) is 0 Å². The molecular formula is C18H28O6Si. The Morgan fingerprint density at radius 1 is 0.920 bits per heavy atom. The van der Waals surface area contributed by atoms with E-state index in [1.54, 1.807) is 18.2 Å². The van der Waals surface area contributed by atoms with Gasteiger partial charge >= 0.3 is 14.8 Å². The minimum atomic E-state index is -2.68. The van der Waals surface area contributed by atoms with Crippen LogP contribution < -0.4 is 0 Å². The maximum atomic E-state index is 12.3. The molecule has 0 aliphatic heterocycles. The van der Waals surface area contributed by atoms with E-state index in [4.69, 9.17) is 13.3 Å². The van der Waals surface area contributed by atoms with Gasteiger partial charge in [-0.05, 0) is 39.7 Å². The molecule has 7 heteroatoms. The van der Waals surface area contributed by atoms with E-state index < -0.39 is 14.8 Å². The average Bonchev–Trinajstić information content (AvgIpc) is 2.59. The quantitative estimate of drug-likeness (QED) is 0.324. The third-order valence-corrected chi connectivity index (χ3v) is 6.84. The molecule has 0 heterocycles. The summed E-state index contributed by atoms with van der Waals surface area (Å²) in [6, 6.07) is 6.96. The first-order valence-electron chi connectivity index (χ1n) is 8.77. The largest absolute Gasteiger partial charge is 0.500 e. The number of carboxylic acid groups (broad SMARTS) is 1. The highest BCUT2D eigenvalue weighted by Crippen LogP contribution is 2.21. The molecular weight excluding hydrogens is 340 g/mol. The monoisotopic (exact) mass is 368 g/mol. The second-order valence-electron chi connectivity index (χ2n) is 5.46. The molecule has 0 spiro atoms. The Labute approximate surface area is 150 Å². The van der Waals surface area contributed by atoms with E-state index in [2.05, 4.69) is 0 Å². The maximum absolute atomic E-state index is 12.3. The second kappa shape index (κ2) is 11.1. The van der Waals surface area contributed by atoms with Gasteiger partial charge in [-0.1, -0.05) is 18.2 Å². The van der Waals surface area contributed by atoms with E-state index in [0.717, 1.165) is 6.42 Å². The first kappa shape index (κ1) is 21.5. The summed E-state index contributed by atoms with van der Waals surface area (Å²) in [6.45, 7) is 7.30. The summed E-state index contributed by atoms with van der Waals surface area (Å²) in [7, 11) is -2.68. The molecule has 0 saturated heterocycles. The van der Waals surface area contributed by atoms with Crippen molar-refractivity contribution in [3.63, 3.8) is 0 Å². The molecule has 0 atom stereocenters. The van der Waals surface area contributed by atoms with Crippen LogP contribution in [0.25, 0.3) is 0 Å². The average molecular weight is 369 g/mol. The van der Waals surface area contributed by atoms with Gasteiger partial charge in [0.15, 0.2) is 5.78 Å². The van der Waals surface area contributed by atoms with Crippen LogP contribution in [0.1, 0.15) is 60.7 Å². The molecule has 0 aliphatic rings. The number of ketones is 1. The Kier molecular flexibility index (Phi) is 9.59. The van der Waals surface area contributed by atoms with E-state index in [-0.39, 0.29) is 16.9 Å². The zero-order valence-electron chi connectivity index (χ0n) is 15.2. The van der Waals surface area contributed by atoms with E-state index in [9.17, 15) is 14.7 Å². The van der Waals surface area contributed by atoms with Gasteiger partial charge in [0.1, 0.15) is 0 Å². The van der Waals surface area contributed by atoms with Crippen molar-refractivity contribution in [2.75, 3.05) is 19.8 Å². The molecule has 1 aromatic carbocycles. The molecule has 0 aliphatic carbocycles. The molecule has 0 fully saturated rings. The maximum Gasteiger partial charge on any atom is 0.500 e. The Bertz CT molecular complexity index is 543. The summed E-state index contributed by atoms with van der Waals surface area (Å²) in [6.07, 6.45) is 1.65. The van der Waals surface area contributed by atoms with Crippen LogP contribution >= 0.6 is 0 Å². The predicted octanol–water partition coefficient (Wildman–Crippen LogP) is 3.79. The van der Waals surface area contributed by atoms with Gasteiger partial charge in [-0.25, -0.2) is 4.79 Å². The lowest BCUT2D eigenvalue weighted by atomic mass is 10.0. The summed E-state index contributed by atoms with van der Waals surface area (Å²) in [4.78, 5) is 23.5. The number of hydrogen-bond donors (Lipinski definition) is 1. The highest BCUT2D eigenvalue weighted by molar-refractivity contribution is 6.60. The van der Waals surface area contributed by atoms with Crippen molar-refractivity contribution in [2.45, 2.75) is 46.1 Å². The Balaban J connectivity index is 2.61. The van der Waals surface area contributed by atoms with Crippen LogP contribution in [-0.2, 0) is 13.3 Å². The number of rotatable bonds is 13. The van der Waals surface area contributed by atoms with Gasteiger partial charge in [-0.3, -0.25) is 4.79 Å². The number of aromatic carboxylic acids is 1. The molecule has 0 aromatic heterocycles. The molecule has 0 radical (unpaired) electrons. The summed E-state index contributed by atoms with van der Waals surface area (Å²) in [5.74, 6) is -1.24. The molecule has 1 aromatic rings. The van der Waals surface area contributed by atoms with Gasteiger partial charge < -0.3 is 18.4 Å². The normalized spacial score (nSPS) is 11.5. The smallest absolute Gasteiger partial charge is 0.478 e. The molecule has 0 amide bonds. The predicted molar refractivity (Wildman–Crippen MR) is 97.0 cm³/mol. The van der Waals surface area contributed by atoms with E-state index >= 15 is 0 Å². The van der Waals surface area contributed by atoms with Crippen LogP contribution in [0.15, 0.2) is 24.3 Å². The standard InChI is InChI=1S/C18H28O6Si/c1-4-22-25(23-5-2,24-6-3)14-10-9-13-17(19)15-11-7-8-12-16(15)18(20)21/h7-8,11-12H,4-6,9-10,13-14H2,1-3H3,(H,20,21). The number of benzene rings is 1. The van der Waals surface area contributed by atoms with Gasteiger partial charge in [0.25, 0.3) is 0 Å². The van der Waals surface area contributed by atoms with Gasteiger partial charge in [-0.2, -0.15) is 0 Å². The van der Waals surface area contributed by atoms with Crippen LogP contribution in [0.2, 0.25) is 6.04 Å². The summed E-state index contributed by atoms with van der Waals surface area (Å²) in [5.41, 5.74) is 0.312. The van der Waals surface area contributed by atoms with Crippen LogP contribution in [0.5, 0.6) is 0 Å². The fourth-order valence-electron chi connectivity index (χ4n) is 2.68. The molecule has 6 nitrogen and oxygen atoms in total. The number of unbranched alkanes of at least 4 members (excludes halogenated alkanes) is 1. The van der Waals surface area contributed by atoms with Crippen molar-refractivity contribution in [2.24, 2.45) is 0 Å². The Hall–Kier alpha value is -1.54. The summed E-state index contributed by atoms with van der Waals surface area (Å²) in [5, 5.41) is 9.17. The van der Waals surface area contributed by atoms with Gasteiger partial charge in [0.05, 0.1) is 5.56 Å². The van der Waals surface area contributed by atoms with Crippen molar-refractivity contribution >= 4 is 20.6 Å². The van der Waals surface area contributed by atoms with Crippen LogP contribution in [0, 0.1) is 0 Å². The fourth-order valence-corrected chi connectivity index (χ4v) is 5.36. The molecule has 1 N–H and O–H groups in total. The highest BCUT2D eigenvalue weighted by atomic mass is 28.4. The Morgan fingerprint density at radius 2 is 1.44 bits per heavy atom. The molecule has 140 valence electrons. The lowest BCUT2D eigenvalue weighted by molar-refractivity contribution is 0.0690. The van der Waals surface area contributed by atoms with Crippen molar-refractivity contribution < 1.29 is 28.0 Å². The zero-order chi connectivity index (χ0) is 18.7. The third-order valence-electron chi connectivity index (χ3n) is 3.69. The lowest BCUT2D eigenvalue weighted by Gasteiger charge is -2.28. The van der Waals surface area contributed by atoms with E-state index in [0.29, 0.717) is 38.7 Å². The van der Waals surface area contributed by atoms with Crippen LogP contribution in [-0.4, -0.2) is 45.5 Å². The molecule has 0 saturated carbocycles. The van der Waals surface area contributed by atoms with E-state index in [1.165, 1.54) is 6.07 Å². The molecule has 25 heavy (non-hydrogen) atoms. The first-order valence-corrected chi connectivity index (χ1v) is 10.7. The number of carbonyl (C=O) groups excluding carboxylic acids is 1. The third kappa shape index (κ3) is 6.70. The zero-order valence-corrected chi connectivity index (χ0v) is 16.2. The Morgan fingerprint density at radius 3 is 1.92 bits per heavy atom. The number of carboxylic acids is 1. The van der Waals surface area contributed by atoms with Crippen molar-refractivity contribution in [1.82, 2.24) is 0 Å². The summed E-state index contributed by atoms with van der Waals surface area (Å²) >= 11 is 0. The number of hydrogen-bond acceptors (Lipinski definition) is 5. The molecule has 1 rings (SSSR count). The number of carbonyl (C=O) groups is 2.